The highest BCUT2D eigenvalue weighted by molar-refractivity contribution is 7.90. The molecule has 0 atom stereocenters. The van der Waals surface area contributed by atoms with Crippen LogP contribution in [0.4, 0.5) is 5.69 Å². The zero-order chi connectivity index (χ0) is 14.2. The normalized spacial score (nSPS) is 11.3. The van der Waals surface area contributed by atoms with Crippen molar-refractivity contribution in [3.05, 3.63) is 32.3 Å². The number of aromatic carboxylic acids is 1. The van der Waals surface area contributed by atoms with E-state index >= 15 is 0 Å². The lowest BCUT2D eigenvalue weighted by molar-refractivity contribution is -0.385. The number of halogens is 1. The predicted octanol–water partition coefficient (Wildman–Crippen LogP) is 1.66. The van der Waals surface area contributed by atoms with Crippen LogP contribution in [0.5, 0.6) is 0 Å². The number of hydrogen-bond acceptors (Lipinski definition) is 5. The van der Waals surface area contributed by atoms with Crippen molar-refractivity contribution in [3.8, 4) is 0 Å². The molecule has 18 heavy (non-hydrogen) atoms. The monoisotopic (exact) mass is 293 g/mol. The number of rotatable bonds is 3. The first kappa shape index (κ1) is 14.4. The average molecular weight is 294 g/mol. The van der Waals surface area contributed by atoms with E-state index in [9.17, 15) is 23.3 Å². The van der Waals surface area contributed by atoms with Crippen LogP contribution in [0.2, 0.25) is 5.02 Å². The quantitative estimate of drug-likeness (QED) is 0.669. The van der Waals surface area contributed by atoms with E-state index in [0.717, 1.165) is 12.3 Å². The Morgan fingerprint density at radius 1 is 1.50 bits per heavy atom. The fourth-order valence-electron chi connectivity index (χ4n) is 1.42. The van der Waals surface area contributed by atoms with Gasteiger partial charge in [0.1, 0.15) is 5.02 Å². The van der Waals surface area contributed by atoms with E-state index in [4.69, 9.17) is 16.7 Å². The van der Waals surface area contributed by atoms with Crippen LogP contribution < -0.4 is 0 Å². The summed E-state index contributed by atoms with van der Waals surface area (Å²) in [7, 11) is -3.86. The molecule has 0 aliphatic rings. The van der Waals surface area contributed by atoms with Crippen molar-refractivity contribution in [2.75, 3.05) is 6.26 Å². The summed E-state index contributed by atoms with van der Waals surface area (Å²) in [5, 5.41) is 19.1. The van der Waals surface area contributed by atoms with Crippen LogP contribution in [0.25, 0.3) is 0 Å². The maximum Gasteiger partial charge on any atom is 0.336 e. The molecule has 0 radical (unpaired) electrons. The van der Waals surface area contributed by atoms with Crippen LogP contribution in [-0.4, -0.2) is 30.7 Å². The number of benzene rings is 1. The SMILES string of the molecule is Cc1c(C(=O)O)cc(S(C)(=O)=O)c(Cl)c1[N+](=O)[O-]. The van der Waals surface area contributed by atoms with Crippen molar-refractivity contribution >= 4 is 33.1 Å². The highest BCUT2D eigenvalue weighted by atomic mass is 35.5. The van der Waals surface area contributed by atoms with Gasteiger partial charge < -0.3 is 5.11 Å². The molecule has 0 aliphatic carbocycles. The molecule has 0 heterocycles. The molecule has 7 nitrogen and oxygen atoms in total. The van der Waals surface area contributed by atoms with E-state index in [1.54, 1.807) is 0 Å². The minimum Gasteiger partial charge on any atom is -0.478 e. The lowest BCUT2D eigenvalue weighted by Gasteiger charge is -2.08. The van der Waals surface area contributed by atoms with Gasteiger partial charge in [0.15, 0.2) is 9.84 Å². The zero-order valence-corrected chi connectivity index (χ0v) is 10.9. The standard InChI is InChI=1S/C9H8ClNO6S/c1-4-5(9(12)13)3-6(18(2,16)17)7(10)8(4)11(14)15/h3H,1-2H3,(H,12,13). The first-order valence-electron chi connectivity index (χ1n) is 4.48. The van der Waals surface area contributed by atoms with E-state index < -0.39 is 41.9 Å². The van der Waals surface area contributed by atoms with E-state index in [0.29, 0.717) is 0 Å². The van der Waals surface area contributed by atoms with Gasteiger partial charge in [-0.2, -0.15) is 0 Å². The van der Waals surface area contributed by atoms with Crippen LogP contribution in [0, 0.1) is 17.0 Å². The molecule has 1 N–H and O–H groups in total. The second-order valence-corrected chi connectivity index (χ2v) is 5.91. The van der Waals surface area contributed by atoms with Crippen molar-refractivity contribution in [1.82, 2.24) is 0 Å². The minimum atomic E-state index is -3.86. The number of carboxylic acid groups (broad SMARTS) is 1. The molecule has 0 aliphatic heterocycles. The summed E-state index contributed by atoms with van der Waals surface area (Å²) in [6.07, 6.45) is 0.791. The fourth-order valence-corrected chi connectivity index (χ4v) is 2.86. The van der Waals surface area contributed by atoms with Crippen molar-refractivity contribution in [1.29, 1.82) is 0 Å². The number of nitro groups is 1. The van der Waals surface area contributed by atoms with Crippen molar-refractivity contribution in [2.45, 2.75) is 11.8 Å². The molecule has 98 valence electrons. The molecular formula is C9H8ClNO6S. The topological polar surface area (TPSA) is 115 Å². The van der Waals surface area contributed by atoms with Gasteiger partial charge in [0.25, 0.3) is 5.69 Å². The molecular weight excluding hydrogens is 286 g/mol. The second-order valence-electron chi connectivity index (χ2n) is 3.54. The summed E-state index contributed by atoms with van der Waals surface area (Å²) < 4.78 is 22.8. The van der Waals surface area contributed by atoms with E-state index in [1.807, 2.05) is 0 Å². The van der Waals surface area contributed by atoms with Crippen LogP contribution in [0.3, 0.4) is 0 Å². The van der Waals surface area contributed by atoms with Crippen molar-refractivity contribution < 1.29 is 23.2 Å². The van der Waals surface area contributed by atoms with Crippen LogP contribution in [0.1, 0.15) is 15.9 Å². The van der Waals surface area contributed by atoms with Gasteiger partial charge in [0.05, 0.1) is 15.4 Å². The van der Waals surface area contributed by atoms with Crippen molar-refractivity contribution in [3.63, 3.8) is 0 Å². The maximum absolute atomic E-state index is 11.4. The molecule has 0 amide bonds. The summed E-state index contributed by atoms with van der Waals surface area (Å²) in [5.74, 6) is -1.46. The lowest BCUT2D eigenvalue weighted by atomic mass is 10.1. The molecule has 1 aromatic rings. The molecule has 0 fully saturated rings. The first-order valence-corrected chi connectivity index (χ1v) is 6.75. The Balaban J connectivity index is 3.90. The second kappa shape index (κ2) is 4.54. The van der Waals surface area contributed by atoms with Crippen LogP contribution in [-0.2, 0) is 9.84 Å². The molecule has 0 aromatic heterocycles. The van der Waals surface area contributed by atoms with Gasteiger partial charge >= 0.3 is 5.97 Å². The van der Waals surface area contributed by atoms with Crippen molar-refractivity contribution in [2.24, 2.45) is 0 Å². The number of carbonyl (C=O) groups is 1. The van der Waals surface area contributed by atoms with Gasteiger partial charge in [-0.15, -0.1) is 0 Å². The summed E-state index contributed by atoms with van der Waals surface area (Å²) in [4.78, 5) is 20.3. The Morgan fingerprint density at radius 2 is 2.00 bits per heavy atom. The van der Waals surface area contributed by atoms with E-state index in [1.165, 1.54) is 6.92 Å². The third-order valence-electron chi connectivity index (χ3n) is 2.27. The number of sulfone groups is 1. The van der Waals surface area contributed by atoms with Gasteiger partial charge in [-0.3, -0.25) is 10.1 Å². The number of nitro benzene ring substituents is 1. The molecule has 0 spiro atoms. The van der Waals surface area contributed by atoms with Gasteiger partial charge in [0.2, 0.25) is 0 Å². The third-order valence-corrected chi connectivity index (χ3v) is 3.89. The van der Waals surface area contributed by atoms with Gasteiger partial charge in [-0.05, 0) is 13.0 Å². The molecule has 0 saturated carbocycles. The Labute approximate surface area is 107 Å². The predicted molar refractivity (Wildman–Crippen MR) is 62.9 cm³/mol. The van der Waals surface area contributed by atoms with Crippen LogP contribution >= 0.6 is 11.6 Å². The Bertz CT molecular complexity index is 652. The van der Waals surface area contributed by atoms with Gasteiger partial charge in [-0.1, -0.05) is 11.6 Å². The smallest absolute Gasteiger partial charge is 0.336 e. The van der Waals surface area contributed by atoms with E-state index in [2.05, 4.69) is 0 Å². The highest BCUT2D eigenvalue weighted by Crippen LogP contribution is 2.36. The maximum atomic E-state index is 11.4. The highest BCUT2D eigenvalue weighted by Gasteiger charge is 2.29. The molecule has 0 unspecified atom stereocenters. The molecule has 0 saturated heterocycles. The molecule has 1 aromatic carbocycles. The van der Waals surface area contributed by atoms with Gasteiger partial charge in [0, 0.05) is 11.8 Å². The Kier molecular flexibility index (Phi) is 3.63. The fraction of sp³-hybridized carbons (Fsp3) is 0.222. The molecule has 9 heteroatoms. The Hall–Kier alpha value is -1.67. The summed E-state index contributed by atoms with van der Waals surface area (Å²) >= 11 is 5.66. The van der Waals surface area contributed by atoms with Gasteiger partial charge in [-0.25, -0.2) is 13.2 Å². The number of hydrogen-bond donors (Lipinski definition) is 1. The zero-order valence-electron chi connectivity index (χ0n) is 9.30. The minimum absolute atomic E-state index is 0.190. The number of carboxylic acids is 1. The number of nitrogens with zero attached hydrogens (tertiary/aromatic N) is 1. The largest absolute Gasteiger partial charge is 0.478 e. The Morgan fingerprint density at radius 3 is 2.33 bits per heavy atom. The molecule has 0 bridgehead atoms. The third kappa shape index (κ3) is 2.44. The van der Waals surface area contributed by atoms with E-state index in [-0.39, 0.29) is 5.56 Å². The van der Waals surface area contributed by atoms with Crippen LogP contribution in [0.15, 0.2) is 11.0 Å². The summed E-state index contributed by atoms with van der Waals surface area (Å²) in [6.45, 7) is 1.19. The molecule has 1 rings (SSSR count). The average Bonchev–Trinajstić information content (AvgIpc) is 2.13. The lowest BCUT2D eigenvalue weighted by Crippen LogP contribution is -2.08. The first-order chi connectivity index (χ1) is 8.07. The summed E-state index contributed by atoms with van der Waals surface area (Å²) in [5.41, 5.74) is -1.37. The summed E-state index contributed by atoms with van der Waals surface area (Å²) in [6, 6.07) is 0.822.